The van der Waals surface area contributed by atoms with E-state index in [1.807, 2.05) is 29.2 Å². The third-order valence-corrected chi connectivity index (χ3v) is 11.9. The second-order valence-electron chi connectivity index (χ2n) is 14.2. The molecule has 4 unspecified atom stereocenters. The van der Waals surface area contributed by atoms with Gasteiger partial charge in [-0.1, -0.05) is 43.0 Å². The molecule has 1 aliphatic carbocycles. The van der Waals surface area contributed by atoms with Gasteiger partial charge >= 0.3 is 12.1 Å². The lowest BCUT2D eigenvalue weighted by Gasteiger charge is -2.48. The van der Waals surface area contributed by atoms with Crippen molar-refractivity contribution < 1.29 is 19.5 Å². The summed E-state index contributed by atoms with van der Waals surface area (Å²) in [6.45, 7) is 5.56. The van der Waals surface area contributed by atoms with Gasteiger partial charge in [-0.15, -0.1) is 0 Å². The van der Waals surface area contributed by atoms with Crippen LogP contribution in [0.4, 0.5) is 9.59 Å². The fourth-order valence-electron chi connectivity index (χ4n) is 9.53. The number of urea groups is 1. The highest BCUT2D eigenvalue weighted by Gasteiger charge is 2.49. The molecule has 0 spiro atoms. The number of nitrogens with zero attached hydrogens (tertiary/aromatic N) is 4. The number of nitrogens with one attached hydrogen (secondary N) is 1. The molecule has 1 aromatic rings. The molecular weight excluding hydrogens is 590 g/mol. The van der Waals surface area contributed by atoms with Crippen molar-refractivity contribution in [3.63, 3.8) is 0 Å². The first-order chi connectivity index (χ1) is 21.8. The quantitative estimate of drug-likeness (QED) is 0.338. The summed E-state index contributed by atoms with van der Waals surface area (Å²) in [5.74, 6) is 0.156. The smallest absolute Gasteiger partial charge is 0.407 e. The van der Waals surface area contributed by atoms with Crippen LogP contribution < -0.4 is 5.32 Å². The number of fused-ring (bicyclic) bond motifs is 4. The van der Waals surface area contributed by atoms with Gasteiger partial charge in [0.2, 0.25) is 5.91 Å². The summed E-state index contributed by atoms with van der Waals surface area (Å²) in [5, 5.41) is 14.2. The molecule has 1 saturated carbocycles. The topological polar surface area (TPSA) is 96.4 Å². The van der Waals surface area contributed by atoms with E-state index >= 15 is 0 Å². The molecule has 9 nitrogen and oxygen atoms in total. The molecule has 2 N–H and O–H groups in total. The predicted octanol–water partition coefficient (Wildman–Crippen LogP) is 6.13. The Hall–Kier alpha value is -2.52. The number of amides is 4. The highest BCUT2D eigenvalue weighted by Crippen LogP contribution is 2.41. The van der Waals surface area contributed by atoms with E-state index in [1.54, 1.807) is 4.90 Å². The van der Waals surface area contributed by atoms with Gasteiger partial charge in [-0.3, -0.25) is 4.79 Å². The summed E-state index contributed by atoms with van der Waals surface area (Å²) in [5.41, 5.74) is 1.06. The van der Waals surface area contributed by atoms with Crippen LogP contribution in [0, 0.1) is 0 Å². The lowest BCUT2D eigenvalue weighted by molar-refractivity contribution is -0.139. The minimum absolute atomic E-state index is 0.0195. The molecule has 4 aliphatic heterocycles. The van der Waals surface area contributed by atoms with Gasteiger partial charge in [0.05, 0.1) is 6.04 Å². The Labute approximate surface area is 273 Å². The van der Waals surface area contributed by atoms with E-state index in [4.69, 9.17) is 11.6 Å². The minimum atomic E-state index is -0.823. The summed E-state index contributed by atoms with van der Waals surface area (Å²) in [6.07, 6.45) is 12.5. The Morgan fingerprint density at radius 3 is 1.91 bits per heavy atom. The van der Waals surface area contributed by atoms with Crippen molar-refractivity contribution in [1.29, 1.82) is 0 Å². The molecule has 5 fully saturated rings. The van der Waals surface area contributed by atoms with Crippen molar-refractivity contribution in [3.05, 3.63) is 34.9 Å². The number of piperidine rings is 2. The number of rotatable bonds is 9. The van der Waals surface area contributed by atoms with Crippen LogP contribution in [0.25, 0.3) is 0 Å². The first kappa shape index (κ1) is 32.4. The normalized spacial score (nSPS) is 30.3. The van der Waals surface area contributed by atoms with Crippen LogP contribution in [0.2, 0.25) is 5.02 Å². The third-order valence-electron chi connectivity index (χ3n) is 11.6. The second-order valence-corrected chi connectivity index (χ2v) is 14.6. The molecular formula is C35H52ClN5O4. The van der Waals surface area contributed by atoms with E-state index in [9.17, 15) is 19.5 Å². The maximum absolute atomic E-state index is 14.6. The van der Waals surface area contributed by atoms with Crippen molar-refractivity contribution >= 4 is 29.6 Å². The molecule has 4 bridgehead atoms. The maximum Gasteiger partial charge on any atom is 0.407 e. The van der Waals surface area contributed by atoms with Crippen LogP contribution in [0.1, 0.15) is 103 Å². The Balaban J connectivity index is 1.20. The Bertz CT molecular complexity index is 1180. The molecule has 10 heteroatoms. The fraction of sp³-hybridized carbons (Fsp3) is 0.743. The zero-order chi connectivity index (χ0) is 31.7. The Kier molecular flexibility index (Phi) is 10.1. The van der Waals surface area contributed by atoms with Gasteiger partial charge in [0.15, 0.2) is 0 Å². The number of hydrogen-bond acceptors (Lipinski definition) is 4. The zero-order valence-electron chi connectivity index (χ0n) is 27.1. The fourth-order valence-corrected chi connectivity index (χ4v) is 9.65. The van der Waals surface area contributed by atoms with Gasteiger partial charge in [0.1, 0.15) is 0 Å². The number of carbonyl (C=O) groups excluding carboxylic acids is 2. The van der Waals surface area contributed by atoms with E-state index in [-0.39, 0.29) is 48.2 Å². The van der Waals surface area contributed by atoms with Crippen LogP contribution in [0.3, 0.4) is 0 Å². The minimum Gasteiger partial charge on any atom is -0.465 e. The van der Waals surface area contributed by atoms with Crippen molar-refractivity contribution in [1.82, 2.24) is 24.9 Å². The van der Waals surface area contributed by atoms with Crippen LogP contribution in [-0.4, -0.2) is 104 Å². The molecule has 5 atom stereocenters. The zero-order valence-corrected chi connectivity index (χ0v) is 27.8. The first-order valence-corrected chi connectivity index (χ1v) is 18.1. The van der Waals surface area contributed by atoms with Gasteiger partial charge in [0.25, 0.3) is 0 Å². The molecule has 4 amide bonds. The lowest BCUT2D eigenvalue weighted by atomic mass is 9.89. The van der Waals surface area contributed by atoms with Crippen LogP contribution in [-0.2, 0) is 11.2 Å². The van der Waals surface area contributed by atoms with E-state index in [2.05, 4.69) is 29.0 Å². The Morgan fingerprint density at radius 2 is 1.38 bits per heavy atom. The van der Waals surface area contributed by atoms with Crippen molar-refractivity contribution in [2.24, 2.45) is 0 Å². The highest BCUT2D eigenvalue weighted by atomic mass is 35.5. The van der Waals surface area contributed by atoms with Gasteiger partial charge in [0, 0.05) is 60.4 Å². The summed E-state index contributed by atoms with van der Waals surface area (Å²) >= 11 is 6.19. The number of benzene rings is 1. The van der Waals surface area contributed by atoms with E-state index in [1.165, 1.54) is 19.3 Å². The number of halogens is 1. The average molecular weight is 642 g/mol. The molecule has 4 heterocycles. The van der Waals surface area contributed by atoms with E-state index in [0.717, 1.165) is 69.8 Å². The van der Waals surface area contributed by atoms with Crippen molar-refractivity contribution in [2.45, 2.75) is 152 Å². The molecule has 4 saturated heterocycles. The molecule has 0 aromatic heterocycles. The lowest BCUT2D eigenvalue weighted by Crippen LogP contribution is -2.62. The standard InChI is InChI=1S/C35H52ClN5O4/c1-3-38(4-2)34(43)40(26-8-6-5-7-9-26)31-21-29-16-17-30(22-31)39(29)33(42)32(18-23-10-12-24(36)13-11-23)37-25-19-27-14-15-28(20-25)41(27)35(44)45/h10-13,25-32,37H,3-9,14-22H2,1-2H3,(H,44,45)/t25?,27?,28?,29?,30?,31?,32-/m1/s1. The molecule has 6 rings (SSSR count). The highest BCUT2D eigenvalue weighted by molar-refractivity contribution is 6.30. The summed E-state index contributed by atoms with van der Waals surface area (Å²) < 4.78 is 0. The van der Waals surface area contributed by atoms with Crippen LogP contribution in [0.15, 0.2) is 24.3 Å². The maximum atomic E-state index is 14.6. The Morgan fingerprint density at radius 1 is 0.822 bits per heavy atom. The average Bonchev–Trinajstić information content (AvgIpc) is 3.47. The summed E-state index contributed by atoms with van der Waals surface area (Å²) in [4.78, 5) is 48.5. The first-order valence-electron chi connectivity index (χ1n) is 17.7. The van der Waals surface area contributed by atoms with Crippen molar-refractivity contribution in [2.75, 3.05) is 13.1 Å². The van der Waals surface area contributed by atoms with Crippen LogP contribution >= 0.6 is 11.6 Å². The third kappa shape index (κ3) is 6.80. The monoisotopic (exact) mass is 641 g/mol. The molecule has 45 heavy (non-hydrogen) atoms. The van der Waals surface area contributed by atoms with Crippen molar-refractivity contribution in [3.8, 4) is 0 Å². The second kappa shape index (κ2) is 14.1. The van der Waals surface area contributed by atoms with Gasteiger partial charge in [-0.05, 0) is 102 Å². The van der Waals surface area contributed by atoms with E-state index in [0.29, 0.717) is 30.6 Å². The van der Waals surface area contributed by atoms with Gasteiger partial charge < -0.3 is 30.0 Å². The molecule has 0 radical (unpaired) electrons. The van der Waals surface area contributed by atoms with Gasteiger partial charge in [-0.2, -0.15) is 0 Å². The number of carbonyl (C=O) groups is 3. The number of carboxylic acid groups (broad SMARTS) is 1. The largest absolute Gasteiger partial charge is 0.465 e. The molecule has 5 aliphatic rings. The molecule has 248 valence electrons. The summed E-state index contributed by atoms with van der Waals surface area (Å²) in [6, 6.07) is 8.43. The van der Waals surface area contributed by atoms with E-state index < -0.39 is 12.1 Å². The SMILES string of the molecule is CCN(CC)C(=O)N(C1CCCCC1)C1CC2CCC(C1)N2C(=O)[C@@H](Cc1ccc(Cl)cc1)NC1CC2CCC(C1)N2C(=O)O. The molecule has 1 aromatic carbocycles. The predicted molar refractivity (Wildman–Crippen MR) is 175 cm³/mol. The number of hydrogen-bond donors (Lipinski definition) is 2. The van der Waals surface area contributed by atoms with Crippen LogP contribution in [0.5, 0.6) is 0 Å². The van der Waals surface area contributed by atoms with Gasteiger partial charge in [-0.25, -0.2) is 9.59 Å². The summed E-state index contributed by atoms with van der Waals surface area (Å²) in [7, 11) is 0.